The van der Waals surface area contributed by atoms with Crippen LogP contribution in [0, 0.1) is 0 Å². The van der Waals surface area contributed by atoms with Gasteiger partial charge in [0.1, 0.15) is 6.04 Å². The molecule has 0 saturated heterocycles. The fraction of sp³-hybridized carbons (Fsp3) is 0.889. The van der Waals surface area contributed by atoms with Crippen molar-refractivity contribution in [2.24, 2.45) is 0 Å². The SMILES string of the molecule is CC(Cl)CN(CC(C)Cl)C(CO)C(=O)O. The maximum absolute atomic E-state index is 10.8. The highest BCUT2D eigenvalue weighted by molar-refractivity contribution is 6.21. The Morgan fingerprint density at radius 2 is 1.67 bits per heavy atom. The van der Waals surface area contributed by atoms with Crippen LogP contribution in [0.25, 0.3) is 0 Å². The molecule has 90 valence electrons. The van der Waals surface area contributed by atoms with Crippen molar-refractivity contribution in [1.29, 1.82) is 0 Å². The summed E-state index contributed by atoms with van der Waals surface area (Å²) in [6.45, 7) is 3.86. The predicted octanol–water partition coefficient (Wildman–Crippen LogP) is 0.989. The third-order valence-corrected chi connectivity index (χ3v) is 2.15. The van der Waals surface area contributed by atoms with Crippen LogP contribution < -0.4 is 0 Å². The normalized spacial score (nSPS) is 17.5. The zero-order chi connectivity index (χ0) is 12.0. The predicted molar refractivity (Wildman–Crippen MR) is 60.7 cm³/mol. The van der Waals surface area contributed by atoms with E-state index in [0.717, 1.165) is 0 Å². The molecule has 0 aliphatic heterocycles. The molecule has 6 heteroatoms. The molecule has 0 radical (unpaired) electrons. The minimum absolute atomic E-state index is 0.186. The van der Waals surface area contributed by atoms with Gasteiger partial charge in [-0.1, -0.05) is 0 Å². The number of alkyl halides is 2. The maximum atomic E-state index is 10.8. The zero-order valence-electron chi connectivity index (χ0n) is 8.86. The molecule has 3 unspecified atom stereocenters. The first kappa shape index (κ1) is 15.0. The molecule has 4 nitrogen and oxygen atoms in total. The molecule has 0 fully saturated rings. The topological polar surface area (TPSA) is 60.8 Å². The number of hydrogen-bond acceptors (Lipinski definition) is 3. The minimum Gasteiger partial charge on any atom is -0.480 e. The number of carboxylic acids is 1. The second-order valence-electron chi connectivity index (χ2n) is 3.55. The fourth-order valence-electron chi connectivity index (χ4n) is 1.33. The summed E-state index contributed by atoms with van der Waals surface area (Å²) in [5.74, 6) is -1.06. The summed E-state index contributed by atoms with van der Waals surface area (Å²) in [6, 6.07) is -0.938. The summed E-state index contributed by atoms with van der Waals surface area (Å²) < 4.78 is 0. The van der Waals surface area contributed by atoms with E-state index >= 15 is 0 Å². The molecular weight excluding hydrogens is 241 g/mol. The van der Waals surface area contributed by atoms with Gasteiger partial charge in [0.2, 0.25) is 0 Å². The van der Waals surface area contributed by atoms with Crippen molar-refractivity contribution < 1.29 is 15.0 Å². The van der Waals surface area contributed by atoms with Crippen LogP contribution in [0.3, 0.4) is 0 Å². The van der Waals surface area contributed by atoms with Gasteiger partial charge in [-0.15, -0.1) is 23.2 Å². The highest BCUT2D eigenvalue weighted by Gasteiger charge is 2.26. The average molecular weight is 258 g/mol. The van der Waals surface area contributed by atoms with Gasteiger partial charge in [-0.05, 0) is 13.8 Å². The molecular formula is C9H17Cl2NO3. The molecule has 3 atom stereocenters. The lowest BCUT2D eigenvalue weighted by atomic mass is 10.2. The standard InChI is InChI=1S/C9H17Cl2NO3/c1-6(10)3-12(4-7(2)11)8(5-13)9(14)15/h6-8,13H,3-5H2,1-2H3,(H,14,15). The van der Waals surface area contributed by atoms with E-state index in [1.165, 1.54) is 0 Å². The van der Waals surface area contributed by atoms with Crippen molar-refractivity contribution in [2.75, 3.05) is 19.7 Å². The van der Waals surface area contributed by atoms with Crippen LogP contribution in [-0.2, 0) is 4.79 Å². The highest BCUT2D eigenvalue weighted by Crippen LogP contribution is 2.08. The van der Waals surface area contributed by atoms with Crippen LogP contribution in [-0.4, -0.2) is 57.6 Å². The van der Waals surface area contributed by atoms with Crippen LogP contribution in [0.1, 0.15) is 13.8 Å². The molecule has 15 heavy (non-hydrogen) atoms. The van der Waals surface area contributed by atoms with Gasteiger partial charge in [0, 0.05) is 23.8 Å². The summed E-state index contributed by atoms with van der Waals surface area (Å²) in [4.78, 5) is 12.4. The summed E-state index contributed by atoms with van der Waals surface area (Å²) in [5.41, 5.74) is 0. The van der Waals surface area contributed by atoms with Crippen LogP contribution in [0.4, 0.5) is 0 Å². The number of aliphatic hydroxyl groups is 1. The number of carbonyl (C=O) groups is 1. The molecule has 0 aliphatic rings. The van der Waals surface area contributed by atoms with E-state index in [2.05, 4.69) is 0 Å². The first-order chi connectivity index (χ1) is 6.88. The van der Waals surface area contributed by atoms with Crippen LogP contribution in [0.5, 0.6) is 0 Å². The smallest absolute Gasteiger partial charge is 0.323 e. The second-order valence-corrected chi connectivity index (χ2v) is 5.04. The molecule has 0 bridgehead atoms. The molecule has 0 saturated carbocycles. The van der Waals surface area contributed by atoms with E-state index in [0.29, 0.717) is 13.1 Å². The third-order valence-electron chi connectivity index (χ3n) is 1.87. The van der Waals surface area contributed by atoms with Crippen molar-refractivity contribution in [2.45, 2.75) is 30.6 Å². The molecule has 0 rings (SSSR count). The van der Waals surface area contributed by atoms with E-state index in [4.69, 9.17) is 33.4 Å². The van der Waals surface area contributed by atoms with Gasteiger partial charge in [0.25, 0.3) is 0 Å². The number of carboxylic acid groups (broad SMARTS) is 1. The molecule has 0 aromatic carbocycles. The third kappa shape index (κ3) is 6.20. The summed E-state index contributed by atoms with van der Waals surface area (Å²) in [6.07, 6.45) is 0. The molecule has 0 aliphatic carbocycles. The number of rotatable bonds is 7. The van der Waals surface area contributed by atoms with Crippen LogP contribution >= 0.6 is 23.2 Å². The highest BCUT2D eigenvalue weighted by atomic mass is 35.5. The van der Waals surface area contributed by atoms with E-state index < -0.39 is 18.6 Å². The Morgan fingerprint density at radius 3 is 1.87 bits per heavy atom. The number of aliphatic carboxylic acids is 1. The summed E-state index contributed by atoms with van der Waals surface area (Å²) in [7, 11) is 0. The van der Waals surface area contributed by atoms with Gasteiger partial charge < -0.3 is 10.2 Å². The average Bonchev–Trinajstić information content (AvgIpc) is 2.01. The Hall–Kier alpha value is -0.0300. The van der Waals surface area contributed by atoms with Crippen LogP contribution in [0.2, 0.25) is 0 Å². The van der Waals surface area contributed by atoms with E-state index in [9.17, 15) is 4.79 Å². The molecule has 0 aromatic rings. The second kappa shape index (κ2) is 7.28. The van der Waals surface area contributed by atoms with Gasteiger partial charge in [-0.3, -0.25) is 9.69 Å². The summed E-state index contributed by atoms with van der Waals surface area (Å²) >= 11 is 11.6. The number of aliphatic hydroxyl groups excluding tert-OH is 1. The van der Waals surface area contributed by atoms with Crippen molar-refractivity contribution >= 4 is 29.2 Å². The maximum Gasteiger partial charge on any atom is 0.323 e. The zero-order valence-corrected chi connectivity index (χ0v) is 10.4. The van der Waals surface area contributed by atoms with Crippen LogP contribution in [0.15, 0.2) is 0 Å². The van der Waals surface area contributed by atoms with E-state index in [1.807, 2.05) is 0 Å². The number of nitrogens with zero attached hydrogens (tertiary/aromatic N) is 1. The lowest BCUT2D eigenvalue weighted by Gasteiger charge is -2.29. The Kier molecular flexibility index (Phi) is 7.26. The van der Waals surface area contributed by atoms with Crippen molar-refractivity contribution in [1.82, 2.24) is 4.90 Å². The molecule has 0 aromatic heterocycles. The minimum atomic E-state index is -1.06. The van der Waals surface area contributed by atoms with Crippen molar-refractivity contribution in [3.63, 3.8) is 0 Å². The molecule has 0 spiro atoms. The summed E-state index contributed by atoms with van der Waals surface area (Å²) in [5, 5.41) is 17.5. The Morgan fingerprint density at radius 1 is 1.27 bits per heavy atom. The number of hydrogen-bond donors (Lipinski definition) is 2. The molecule has 2 N–H and O–H groups in total. The first-order valence-electron chi connectivity index (χ1n) is 4.74. The van der Waals surface area contributed by atoms with Gasteiger partial charge in [0.15, 0.2) is 0 Å². The Bertz CT molecular complexity index is 190. The van der Waals surface area contributed by atoms with Gasteiger partial charge in [-0.25, -0.2) is 0 Å². The molecule has 0 amide bonds. The largest absolute Gasteiger partial charge is 0.480 e. The van der Waals surface area contributed by atoms with Crippen molar-refractivity contribution in [3.8, 4) is 0 Å². The number of halogens is 2. The van der Waals surface area contributed by atoms with Crippen molar-refractivity contribution in [3.05, 3.63) is 0 Å². The van der Waals surface area contributed by atoms with E-state index in [1.54, 1.807) is 18.7 Å². The van der Waals surface area contributed by atoms with Gasteiger partial charge in [0.05, 0.1) is 6.61 Å². The molecule has 0 heterocycles. The van der Waals surface area contributed by atoms with E-state index in [-0.39, 0.29) is 10.8 Å². The lowest BCUT2D eigenvalue weighted by molar-refractivity contribution is -0.144. The van der Waals surface area contributed by atoms with Gasteiger partial charge >= 0.3 is 5.97 Å². The Labute approximate surface area is 99.8 Å². The lowest BCUT2D eigenvalue weighted by Crippen LogP contribution is -2.48. The first-order valence-corrected chi connectivity index (χ1v) is 5.61. The fourth-order valence-corrected chi connectivity index (χ4v) is 1.68. The monoisotopic (exact) mass is 257 g/mol. The Balaban J connectivity index is 4.50. The quantitative estimate of drug-likeness (QED) is 0.668. The van der Waals surface area contributed by atoms with Gasteiger partial charge in [-0.2, -0.15) is 0 Å².